The fourth-order valence-corrected chi connectivity index (χ4v) is 6.33. The van der Waals surface area contributed by atoms with Crippen molar-refractivity contribution in [1.29, 1.82) is 10.5 Å². The minimum Gasteiger partial charge on any atom is -0.382 e. The summed E-state index contributed by atoms with van der Waals surface area (Å²) in [6.45, 7) is 3.36. The van der Waals surface area contributed by atoms with Gasteiger partial charge in [-0.1, -0.05) is 48.5 Å². The van der Waals surface area contributed by atoms with Crippen LogP contribution in [0.25, 0.3) is 39.4 Å². The second kappa shape index (κ2) is 13.8. The Bertz CT molecular complexity index is 1640. The van der Waals surface area contributed by atoms with Crippen LogP contribution in [0, 0.1) is 22.7 Å². The van der Waals surface area contributed by atoms with Crippen LogP contribution >= 0.6 is 11.7 Å². The van der Waals surface area contributed by atoms with Crippen molar-refractivity contribution >= 4 is 28.8 Å². The summed E-state index contributed by atoms with van der Waals surface area (Å²) in [5.74, 6) is 0. The predicted molar refractivity (Wildman–Crippen MR) is 163 cm³/mol. The number of fused-ring (bicyclic) bond motifs is 4. The summed E-state index contributed by atoms with van der Waals surface area (Å²) in [5.41, 5.74) is 8.78. The molecule has 0 aliphatic heterocycles. The molecule has 0 saturated carbocycles. The van der Waals surface area contributed by atoms with E-state index < -0.39 is 0 Å². The van der Waals surface area contributed by atoms with Crippen LogP contribution in [0.5, 0.6) is 0 Å². The average molecular weight is 581 g/mol. The molecule has 42 heavy (non-hydrogen) atoms. The van der Waals surface area contributed by atoms with Crippen LogP contribution in [0.1, 0.15) is 29.5 Å². The number of benzene rings is 3. The molecular formula is C33H32N4O4S. The largest absolute Gasteiger partial charge is 0.382 e. The van der Waals surface area contributed by atoms with Crippen molar-refractivity contribution in [3.63, 3.8) is 0 Å². The number of ether oxygens (including phenoxy) is 4. The summed E-state index contributed by atoms with van der Waals surface area (Å²) < 4.78 is 31.5. The Hall–Kier alpha value is -3.96. The van der Waals surface area contributed by atoms with Crippen LogP contribution in [0.4, 0.5) is 0 Å². The molecule has 0 amide bonds. The molecule has 4 aromatic rings. The van der Waals surface area contributed by atoms with E-state index in [0.717, 1.165) is 41.2 Å². The number of hydrogen-bond donors (Lipinski definition) is 0. The van der Waals surface area contributed by atoms with Crippen molar-refractivity contribution in [2.75, 3.05) is 53.9 Å². The molecule has 214 valence electrons. The quantitative estimate of drug-likeness (QED) is 0.129. The van der Waals surface area contributed by atoms with Gasteiger partial charge in [-0.25, -0.2) is 0 Å². The van der Waals surface area contributed by atoms with Gasteiger partial charge >= 0.3 is 0 Å². The molecule has 0 unspecified atom stereocenters. The number of hydrogen-bond acceptors (Lipinski definition) is 9. The topological polar surface area (TPSA) is 110 Å². The van der Waals surface area contributed by atoms with Crippen molar-refractivity contribution in [3.05, 3.63) is 76.9 Å². The number of rotatable bonds is 14. The molecule has 0 radical (unpaired) electrons. The lowest BCUT2D eigenvalue weighted by Crippen LogP contribution is -2.29. The van der Waals surface area contributed by atoms with Crippen molar-refractivity contribution in [2.45, 2.75) is 18.3 Å². The molecular weight excluding hydrogens is 548 g/mol. The smallest absolute Gasteiger partial charge is 0.130 e. The lowest BCUT2D eigenvalue weighted by atomic mass is 9.72. The molecule has 0 bridgehead atoms. The van der Waals surface area contributed by atoms with E-state index >= 15 is 0 Å². The number of nitriles is 2. The minimum absolute atomic E-state index is 0.0255. The van der Waals surface area contributed by atoms with Gasteiger partial charge in [0.05, 0.1) is 38.2 Å². The van der Waals surface area contributed by atoms with Crippen molar-refractivity contribution < 1.29 is 18.9 Å². The van der Waals surface area contributed by atoms with Gasteiger partial charge in [-0.15, -0.1) is 0 Å². The number of nitrogens with zero attached hydrogens (tertiary/aromatic N) is 4. The minimum atomic E-state index is -0.307. The van der Waals surface area contributed by atoms with E-state index in [4.69, 9.17) is 18.9 Å². The average Bonchev–Trinajstić information content (AvgIpc) is 3.62. The summed E-state index contributed by atoms with van der Waals surface area (Å²) in [6.07, 6.45) is 3.14. The van der Waals surface area contributed by atoms with Gasteiger partial charge in [0.25, 0.3) is 0 Å². The molecule has 3 aromatic carbocycles. The summed E-state index contributed by atoms with van der Waals surface area (Å²) in [7, 11) is 3.35. The summed E-state index contributed by atoms with van der Waals surface area (Å²) in [6, 6.07) is 23.0. The second-order valence-electron chi connectivity index (χ2n) is 10.0. The molecule has 9 heteroatoms. The van der Waals surface area contributed by atoms with Gasteiger partial charge in [0.2, 0.25) is 0 Å². The molecule has 0 spiro atoms. The van der Waals surface area contributed by atoms with Gasteiger partial charge in [0, 0.05) is 44.0 Å². The van der Waals surface area contributed by atoms with Crippen LogP contribution < -0.4 is 0 Å². The van der Waals surface area contributed by atoms with Crippen LogP contribution in [0.3, 0.4) is 0 Å². The Morgan fingerprint density at radius 1 is 0.762 bits per heavy atom. The first-order valence-corrected chi connectivity index (χ1v) is 14.5. The van der Waals surface area contributed by atoms with E-state index in [2.05, 4.69) is 51.2 Å². The summed E-state index contributed by atoms with van der Waals surface area (Å²) in [5, 5.41) is 18.5. The third-order valence-corrected chi connectivity index (χ3v) is 8.30. The molecule has 0 atom stereocenters. The highest BCUT2D eigenvalue weighted by Crippen LogP contribution is 2.53. The summed E-state index contributed by atoms with van der Waals surface area (Å²) >= 11 is 1.12. The molecule has 0 fully saturated rings. The van der Waals surface area contributed by atoms with Gasteiger partial charge in [-0.2, -0.15) is 19.3 Å². The highest BCUT2D eigenvalue weighted by molar-refractivity contribution is 7.00. The number of aromatic nitrogens is 2. The first-order chi connectivity index (χ1) is 20.7. The third kappa shape index (κ3) is 5.84. The van der Waals surface area contributed by atoms with Crippen molar-refractivity contribution in [1.82, 2.24) is 8.75 Å². The molecule has 1 heterocycles. The summed E-state index contributed by atoms with van der Waals surface area (Å²) in [4.78, 5) is 0. The van der Waals surface area contributed by atoms with Crippen molar-refractivity contribution in [3.8, 4) is 34.4 Å². The Morgan fingerprint density at radius 2 is 1.40 bits per heavy atom. The van der Waals surface area contributed by atoms with E-state index in [0.29, 0.717) is 50.7 Å². The zero-order valence-electron chi connectivity index (χ0n) is 23.8. The Kier molecular flexibility index (Phi) is 9.70. The lowest BCUT2D eigenvalue weighted by molar-refractivity contribution is 0.0491. The molecule has 1 aliphatic carbocycles. The maximum absolute atomic E-state index is 9.26. The molecule has 1 aliphatic rings. The number of allylic oxidation sites excluding steroid dienone is 1. The SMILES string of the molecule is COCCOCCC1(CCOCCOC)c2ccccc2-c2ccc(-c3ccc(C=C(C#N)C#N)c4nsnc34)cc21. The zero-order chi connectivity index (χ0) is 29.4. The number of methoxy groups -OCH3 is 2. The normalized spacial score (nSPS) is 12.9. The molecule has 8 nitrogen and oxygen atoms in total. The van der Waals surface area contributed by atoms with Crippen LogP contribution in [0.2, 0.25) is 0 Å². The maximum Gasteiger partial charge on any atom is 0.130 e. The first kappa shape index (κ1) is 29.5. The zero-order valence-corrected chi connectivity index (χ0v) is 24.6. The molecule has 0 saturated heterocycles. The van der Waals surface area contributed by atoms with Crippen molar-refractivity contribution in [2.24, 2.45) is 0 Å². The lowest BCUT2D eigenvalue weighted by Gasteiger charge is -2.32. The van der Waals surface area contributed by atoms with Crippen LogP contribution in [0.15, 0.2) is 60.2 Å². The highest BCUT2D eigenvalue weighted by Gasteiger charge is 2.42. The first-order valence-electron chi connectivity index (χ1n) is 13.8. The van der Waals surface area contributed by atoms with E-state index in [1.165, 1.54) is 22.3 Å². The Morgan fingerprint density at radius 3 is 2.10 bits per heavy atom. The van der Waals surface area contributed by atoms with E-state index in [9.17, 15) is 10.5 Å². The fourth-order valence-electron chi connectivity index (χ4n) is 5.75. The van der Waals surface area contributed by atoms with Crippen LogP contribution in [-0.4, -0.2) is 62.6 Å². The predicted octanol–water partition coefficient (Wildman–Crippen LogP) is 6.16. The standard InChI is InChI=1S/C33H32N4O4S/c1-38-15-17-40-13-11-33(12-14-41-18-16-39-2)29-6-4-3-5-27(29)28-10-7-24(20-30(28)33)26-9-8-25(19-23(21-34)22-35)31-32(26)37-42-36-31/h3-10,19-20H,11-18H2,1-2H3. The molecule has 5 rings (SSSR count). The monoisotopic (exact) mass is 580 g/mol. The molecule has 1 aromatic heterocycles. The highest BCUT2D eigenvalue weighted by atomic mass is 32.1. The van der Waals surface area contributed by atoms with E-state index in [1.54, 1.807) is 20.3 Å². The van der Waals surface area contributed by atoms with E-state index in [1.807, 2.05) is 24.3 Å². The third-order valence-electron chi connectivity index (χ3n) is 7.78. The van der Waals surface area contributed by atoms with E-state index in [-0.39, 0.29) is 11.0 Å². The van der Waals surface area contributed by atoms with Gasteiger partial charge in [-0.3, -0.25) is 0 Å². The molecule has 0 N–H and O–H groups in total. The second-order valence-corrected chi connectivity index (χ2v) is 10.6. The fraction of sp³-hybridized carbons (Fsp3) is 0.333. The van der Waals surface area contributed by atoms with Gasteiger partial charge in [-0.05, 0) is 52.8 Å². The van der Waals surface area contributed by atoms with Gasteiger partial charge in [0.1, 0.15) is 28.7 Å². The Balaban J connectivity index is 1.59. The maximum atomic E-state index is 9.26. The Labute approximate surface area is 250 Å². The van der Waals surface area contributed by atoms with Crippen LogP contribution in [-0.2, 0) is 24.4 Å². The van der Waals surface area contributed by atoms with Gasteiger partial charge < -0.3 is 18.9 Å². The van der Waals surface area contributed by atoms with Gasteiger partial charge in [0.15, 0.2) is 0 Å².